The minimum atomic E-state index is -0.215. The molecule has 104 valence electrons. The highest BCUT2D eigenvalue weighted by Gasteiger charge is 2.34. The molecule has 1 fully saturated rings. The van der Waals surface area contributed by atoms with Crippen LogP contribution in [0.1, 0.15) is 12.0 Å². The zero-order valence-corrected chi connectivity index (χ0v) is 11.3. The fourth-order valence-electron chi connectivity index (χ4n) is 2.06. The van der Waals surface area contributed by atoms with Crippen LogP contribution >= 0.6 is 0 Å². The SMILES string of the molecule is CO/C=C\[C@H]1O[C@H](OC)C[C@@H]1OCc1ccccc1. The van der Waals surface area contributed by atoms with Gasteiger partial charge in [-0.05, 0) is 11.6 Å². The van der Waals surface area contributed by atoms with Gasteiger partial charge in [-0.25, -0.2) is 0 Å². The number of methoxy groups -OCH3 is 2. The summed E-state index contributed by atoms with van der Waals surface area (Å²) in [5.74, 6) is 0. The molecule has 1 aromatic carbocycles. The van der Waals surface area contributed by atoms with Crippen molar-refractivity contribution in [3.05, 3.63) is 48.2 Å². The van der Waals surface area contributed by atoms with Crippen LogP contribution in [0.3, 0.4) is 0 Å². The Hall–Kier alpha value is -1.36. The second-order valence-corrected chi connectivity index (χ2v) is 4.40. The number of benzene rings is 1. The molecule has 0 N–H and O–H groups in total. The monoisotopic (exact) mass is 264 g/mol. The molecule has 0 aromatic heterocycles. The molecular formula is C15H20O4. The Morgan fingerprint density at radius 1 is 1.26 bits per heavy atom. The zero-order chi connectivity index (χ0) is 13.5. The molecule has 1 aliphatic heterocycles. The van der Waals surface area contributed by atoms with Crippen molar-refractivity contribution >= 4 is 0 Å². The first-order valence-corrected chi connectivity index (χ1v) is 6.36. The molecule has 0 amide bonds. The Morgan fingerprint density at radius 2 is 2.05 bits per heavy atom. The van der Waals surface area contributed by atoms with Crippen molar-refractivity contribution in [1.29, 1.82) is 0 Å². The van der Waals surface area contributed by atoms with Crippen LogP contribution in [-0.4, -0.2) is 32.7 Å². The molecule has 4 nitrogen and oxygen atoms in total. The van der Waals surface area contributed by atoms with Crippen molar-refractivity contribution in [2.45, 2.75) is 31.5 Å². The molecule has 0 spiro atoms. The van der Waals surface area contributed by atoms with E-state index in [2.05, 4.69) is 0 Å². The summed E-state index contributed by atoms with van der Waals surface area (Å²) in [6, 6.07) is 10.1. The fraction of sp³-hybridized carbons (Fsp3) is 0.467. The van der Waals surface area contributed by atoms with E-state index < -0.39 is 0 Å². The minimum Gasteiger partial charge on any atom is -0.505 e. The summed E-state index contributed by atoms with van der Waals surface area (Å²) < 4.78 is 21.8. The third kappa shape index (κ3) is 4.06. The van der Waals surface area contributed by atoms with Gasteiger partial charge >= 0.3 is 0 Å². The summed E-state index contributed by atoms with van der Waals surface area (Å²) in [4.78, 5) is 0. The highest BCUT2D eigenvalue weighted by molar-refractivity contribution is 5.13. The fourth-order valence-corrected chi connectivity index (χ4v) is 2.06. The molecule has 2 rings (SSSR count). The standard InChI is InChI=1S/C15H20O4/c1-16-9-8-13-14(10-15(17-2)19-13)18-11-12-6-4-3-5-7-12/h3-9,13-15H,10-11H2,1-2H3/b9-8-/t13-,14+,15+/m1/s1. The van der Waals surface area contributed by atoms with E-state index in [0.29, 0.717) is 6.61 Å². The van der Waals surface area contributed by atoms with Gasteiger partial charge in [0.25, 0.3) is 0 Å². The van der Waals surface area contributed by atoms with Gasteiger partial charge in [0.2, 0.25) is 0 Å². The minimum absolute atomic E-state index is 0.0171. The molecule has 1 aromatic rings. The first-order valence-electron chi connectivity index (χ1n) is 6.36. The van der Waals surface area contributed by atoms with Gasteiger partial charge in [-0.3, -0.25) is 0 Å². The van der Waals surface area contributed by atoms with Crippen LogP contribution in [0, 0.1) is 0 Å². The van der Waals surface area contributed by atoms with Crippen LogP contribution in [0.5, 0.6) is 0 Å². The lowest BCUT2D eigenvalue weighted by Gasteiger charge is -2.15. The molecule has 1 heterocycles. The molecule has 4 heteroatoms. The Kier molecular flexibility index (Phi) is 5.39. The Balaban J connectivity index is 1.91. The Bertz CT molecular complexity index is 390. The van der Waals surface area contributed by atoms with E-state index in [9.17, 15) is 0 Å². The van der Waals surface area contributed by atoms with Gasteiger partial charge in [0, 0.05) is 13.5 Å². The van der Waals surface area contributed by atoms with Crippen LogP contribution in [0.2, 0.25) is 0 Å². The van der Waals surface area contributed by atoms with E-state index in [1.807, 2.05) is 36.4 Å². The number of hydrogen-bond acceptors (Lipinski definition) is 4. The van der Waals surface area contributed by atoms with E-state index in [1.165, 1.54) is 0 Å². The van der Waals surface area contributed by atoms with E-state index in [4.69, 9.17) is 18.9 Å². The Morgan fingerprint density at radius 3 is 2.74 bits per heavy atom. The molecule has 0 bridgehead atoms. The van der Waals surface area contributed by atoms with Crippen LogP contribution in [0.15, 0.2) is 42.7 Å². The maximum atomic E-state index is 5.92. The summed E-state index contributed by atoms with van der Waals surface area (Å²) in [7, 11) is 3.25. The third-order valence-electron chi connectivity index (χ3n) is 3.07. The van der Waals surface area contributed by atoms with E-state index >= 15 is 0 Å². The molecule has 19 heavy (non-hydrogen) atoms. The highest BCUT2D eigenvalue weighted by atomic mass is 16.7. The van der Waals surface area contributed by atoms with Gasteiger partial charge in [0.05, 0.1) is 26.1 Å². The van der Waals surface area contributed by atoms with Gasteiger partial charge in [0.1, 0.15) is 6.10 Å². The molecule has 0 saturated carbocycles. The second kappa shape index (κ2) is 7.28. The van der Waals surface area contributed by atoms with Gasteiger partial charge in [0.15, 0.2) is 6.29 Å². The van der Waals surface area contributed by atoms with Crippen molar-refractivity contribution in [2.75, 3.05) is 14.2 Å². The van der Waals surface area contributed by atoms with Crippen molar-refractivity contribution in [1.82, 2.24) is 0 Å². The van der Waals surface area contributed by atoms with E-state index in [1.54, 1.807) is 20.5 Å². The van der Waals surface area contributed by atoms with Crippen molar-refractivity contribution in [3.8, 4) is 0 Å². The number of hydrogen-bond donors (Lipinski definition) is 0. The largest absolute Gasteiger partial charge is 0.505 e. The van der Waals surface area contributed by atoms with Gasteiger partial charge in [-0.15, -0.1) is 0 Å². The first kappa shape index (κ1) is 14.1. The Labute approximate surface area is 113 Å². The van der Waals surface area contributed by atoms with Crippen LogP contribution in [-0.2, 0) is 25.6 Å². The van der Waals surface area contributed by atoms with Crippen molar-refractivity contribution < 1.29 is 18.9 Å². The van der Waals surface area contributed by atoms with E-state index in [-0.39, 0.29) is 18.5 Å². The topological polar surface area (TPSA) is 36.9 Å². The zero-order valence-electron chi connectivity index (χ0n) is 11.3. The predicted molar refractivity (Wildman–Crippen MR) is 71.5 cm³/mol. The molecule has 0 radical (unpaired) electrons. The molecule has 3 atom stereocenters. The van der Waals surface area contributed by atoms with Gasteiger partial charge in [-0.1, -0.05) is 30.3 Å². The third-order valence-corrected chi connectivity index (χ3v) is 3.07. The van der Waals surface area contributed by atoms with Crippen molar-refractivity contribution in [2.24, 2.45) is 0 Å². The number of rotatable bonds is 6. The summed E-state index contributed by atoms with van der Waals surface area (Å²) in [5, 5.41) is 0. The first-order chi connectivity index (χ1) is 9.33. The quantitative estimate of drug-likeness (QED) is 0.740. The molecular weight excluding hydrogens is 244 g/mol. The maximum absolute atomic E-state index is 5.92. The summed E-state index contributed by atoms with van der Waals surface area (Å²) in [6.45, 7) is 0.572. The van der Waals surface area contributed by atoms with Crippen LogP contribution in [0.25, 0.3) is 0 Å². The molecule has 0 unspecified atom stereocenters. The smallest absolute Gasteiger partial charge is 0.160 e. The average molecular weight is 264 g/mol. The maximum Gasteiger partial charge on any atom is 0.160 e. The summed E-state index contributed by atoms with van der Waals surface area (Å²) in [6.07, 6.45) is 3.83. The molecule has 0 aliphatic carbocycles. The number of ether oxygens (including phenoxy) is 4. The van der Waals surface area contributed by atoms with Crippen LogP contribution < -0.4 is 0 Å². The van der Waals surface area contributed by atoms with Crippen molar-refractivity contribution in [3.63, 3.8) is 0 Å². The van der Waals surface area contributed by atoms with Gasteiger partial charge < -0.3 is 18.9 Å². The lowest BCUT2D eigenvalue weighted by molar-refractivity contribution is -0.107. The second-order valence-electron chi connectivity index (χ2n) is 4.40. The van der Waals surface area contributed by atoms with Gasteiger partial charge in [-0.2, -0.15) is 0 Å². The predicted octanol–water partition coefficient (Wildman–Crippen LogP) is 2.49. The lowest BCUT2D eigenvalue weighted by atomic mass is 10.1. The average Bonchev–Trinajstić information content (AvgIpc) is 2.86. The van der Waals surface area contributed by atoms with Crippen LogP contribution in [0.4, 0.5) is 0 Å². The molecule has 1 aliphatic rings. The molecule has 1 saturated heterocycles. The summed E-state index contributed by atoms with van der Waals surface area (Å²) in [5.41, 5.74) is 1.15. The normalized spacial score (nSPS) is 26.9. The summed E-state index contributed by atoms with van der Waals surface area (Å²) >= 11 is 0. The lowest BCUT2D eigenvalue weighted by Crippen LogP contribution is -2.22. The van der Waals surface area contributed by atoms with E-state index in [0.717, 1.165) is 12.0 Å². The highest BCUT2D eigenvalue weighted by Crippen LogP contribution is 2.25.